The topological polar surface area (TPSA) is 72.8 Å². The number of nitrogens with zero attached hydrogens (tertiary/aromatic N) is 3. The van der Waals surface area contributed by atoms with Gasteiger partial charge < -0.3 is 0 Å². The zero-order chi connectivity index (χ0) is 24.6. The Morgan fingerprint density at radius 3 is 2.40 bits per heavy atom. The van der Waals surface area contributed by atoms with E-state index < -0.39 is 21.5 Å². The number of fused-ring (bicyclic) bond motifs is 1. The minimum Gasteiger partial charge on any atom is -0.256 e. The summed E-state index contributed by atoms with van der Waals surface area (Å²) in [6, 6.07) is 17.2. The molecule has 0 unspecified atom stereocenters. The molecule has 8 heteroatoms. The van der Waals surface area contributed by atoms with Crippen LogP contribution in [0.5, 0.6) is 0 Å². The summed E-state index contributed by atoms with van der Waals surface area (Å²) in [5.41, 5.74) is 3.73. The summed E-state index contributed by atoms with van der Waals surface area (Å²) in [5, 5.41) is 1.52. The zero-order valence-electron chi connectivity index (χ0n) is 18.6. The zero-order valence-corrected chi connectivity index (χ0v) is 19.4. The Kier molecular flexibility index (Phi) is 5.82. The van der Waals surface area contributed by atoms with Crippen molar-refractivity contribution < 1.29 is 17.2 Å². The maximum absolute atomic E-state index is 14.3. The van der Waals surface area contributed by atoms with E-state index in [1.807, 2.05) is 19.1 Å². The van der Waals surface area contributed by atoms with Crippen LogP contribution in [0.15, 0.2) is 90.3 Å². The lowest BCUT2D eigenvalue weighted by atomic mass is 9.95. The van der Waals surface area contributed by atoms with Gasteiger partial charge in [-0.15, -0.1) is 0 Å². The van der Waals surface area contributed by atoms with Crippen molar-refractivity contribution in [2.75, 3.05) is 0 Å². The number of sulfone groups is 1. The molecule has 5 nitrogen and oxygen atoms in total. The van der Waals surface area contributed by atoms with E-state index in [9.17, 15) is 17.2 Å². The molecule has 0 bridgehead atoms. The van der Waals surface area contributed by atoms with Gasteiger partial charge in [0.15, 0.2) is 9.84 Å². The second-order valence-electron chi connectivity index (χ2n) is 8.16. The van der Waals surface area contributed by atoms with Crippen molar-refractivity contribution in [2.24, 2.45) is 0 Å². The molecular weight excluding hydrogens is 468 g/mol. The minimum absolute atomic E-state index is 0.194. The van der Waals surface area contributed by atoms with Gasteiger partial charge in [0.25, 0.3) is 0 Å². The van der Waals surface area contributed by atoms with Crippen LogP contribution in [0.1, 0.15) is 11.3 Å². The van der Waals surface area contributed by atoms with Crippen LogP contribution in [0.3, 0.4) is 0 Å². The van der Waals surface area contributed by atoms with Crippen LogP contribution in [0.25, 0.3) is 33.2 Å². The smallest absolute Gasteiger partial charge is 0.184 e. The average molecular weight is 488 g/mol. The van der Waals surface area contributed by atoms with Crippen LogP contribution in [-0.4, -0.2) is 23.4 Å². The molecule has 0 atom stereocenters. The summed E-state index contributed by atoms with van der Waals surface area (Å²) < 4.78 is 53.4. The van der Waals surface area contributed by atoms with E-state index in [0.717, 1.165) is 28.0 Å². The third-order valence-electron chi connectivity index (χ3n) is 5.80. The van der Waals surface area contributed by atoms with Gasteiger partial charge in [0, 0.05) is 35.0 Å². The summed E-state index contributed by atoms with van der Waals surface area (Å²) in [5.74, 6) is -1.48. The molecule has 5 aromatic rings. The van der Waals surface area contributed by atoms with E-state index in [1.165, 1.54) is 24.7 Å². The van der Waals surface area contributed by atoms with Gasteiger partial charge >= 0.3 is 0 Å². The van der Waals surface area contributed by atoms with Crippen molar-refractivity contribution in [3.05, 3.63) is 108 Å². The summed E-state index contributed by atoms with van der Waals surface area (Å²) in [7, 11) is -3.61. The van der Waals surface area contributed by atoms with Gasteiger partial charge in [-0.2, -0.15) is 0 Å². The highest BCUT2D eigenvalue weighted by Gasteiger charge is 2.18. The molecule has 0 aliphatic heterocycles. The summed E-state index contributed by atoms with van der Waals surface area (Å²) in [4.78, 5) is 12.6. The summed E-state index contributed by atoms with van der Waals surface area (Å²) in [6.07, 6.45) is 4.46. The molecule has 0 N–H and O–H groups in total. The fraction of sp³-hybridized carbons (Fsp3) is 0.0741. The predicted molar refractivity (Wildman–Crippen MR) is 130 cm³/mol. The van der Waals surface area contributed by atoms with Crippen molar-refractivity contribution in [3.8, 4) is 22.4 Å². The number of aromatic nitrogens is 3. The second kappa shape index (κ2) is 8.96. The van der Waals surface area contributed by atoms with Crippen LogP contribution in [0.4, 0.5) is 8.78 Å². The minimum atomic E-state index is -3.61. The Balaban J connectivity index is 1.53. The molecule has 0 aliphatic carbocycles. The highest BCUT2D eigenvalue weighted by molar-refractivity contribution is 7.90. The fourth-order valence-corrected chi connectivity index (χ4v) is 5.37. The molecule has 0 amide bonds. The normalized spacial score (nSPS) is 11.6. The number of aryl methyl sites for hydroxylation is 1. The van der Waals surface area contributed by atoms with Crippen molar-refractivity contribution >= 4 is 20.6 Å². The first-order chi connectivity index (χ1) is 16.8. The largest absolute Gasteiger partial charge is 0.256 e. The van der Waals surface area contributed by atoms with Gasteiger partial charge in [-0.3, -0.25) is 4.98 Å². The van der Waals surface area contributed by atoms with E-state index in [0.29, 0.717) is 22.5 Å². The van der Waals surface area contributed by atoms with Crippen molar-refractivity contribution in [1.82, 2.24) is 15.0 Å². The van der Waals surface area contributed by atoms with E-state index in [2.05, 4.69) is 15.0 Å². The Bertz CT molecular complexity index is 1670. The first kappa shape index (κ1) is 22.7. The van der Waals surface area contributed by atoms with Gasteiger partial charge in [0.1, 0.15) is 18.0 Å². The molecule has 0 saturated heterocycles. The van der Waals surface area contributed by atoms with Gasteiger partial charge in [0.2, 0.25) is 0 Å². The number of hydrogen-bond donors (Lipinski definition) is 0. The second-order valence-corrected chi connectivity index (χ2v) is 10.1. The maximum atomic E-state index is 14.3. The molecule has 0 saturated carbocycles. The molecule has 5 rings (SSSR count). The van der Waals surface area contributed by atoms with Crippen molar-refractivity contribution in [2.45, 2.75) is 17.6 Å². The quantitative estimate of drug-likeness (QED) is 0.308. The van der Waals surface area contributed by atoms with Crippen LogP contribution < -0.4 is 0 Å². The third kappa shape index (κ3) is 4.52. The Labute approximate surface area is 201 Å². The van der Waals surface area contributed by atoms with Crippen LogP contribution in [0.2, 0.25) is 0 Å². The predicted octanol–water partition coefficient (Wildman–Crippen LogP) is 5.92. The SMILES string of the molecule is Cc1cc(-c2ccc(F)cc2F)ccc1-c1nccc2cc(S(=O)(=O)Cc3ccncn3)ccc12. The molecule has 0 fully saturated rings. The summed E-state index contributed by atoms with van der Waals surface area (Å²) >= 11 is 0. The van der Waals surface area contributed by atoms with Crippen molar-refractivity contribution in [1.29, 1.82) is 0 Å². The number of benzene rings is 3. The molecule has 0 spiro atoms. The van der Waals surface area contributed by atoms with Crippen LogP contribution >= 0.6 is 0 Å². The number of pyridine rings is 1. The Hall–Kier alpha value is -4.04. The molecule has 3 aromatic carbocycles. The van der Waals surface area contributed by atoms with Gasteiger partial charge in [-0.1, -0.05) is 24.3 Å². The number of hydrogen-bond acceptors (Lipinski definition) is 5. The lowest BCUT2D eigenvalue weighted by Gasteiger charge is -2.12. The van der Waals surface area contributed by atoms with Gasteiger partial charge in [-0.05, 0) is 59.8 Å². The molecule has 2 heterocycles. The van der Waals surface area contributed by atoms with Crippen molar-refractivity contribution in [3.63, 3.8) is 0 Å². The molecule has 35 heavy (non-hydrogen) atoms. The van der Waals surface area contributed by atoms with Gasteiger partial charge in [0.05, 0.1) is 22.0 Å². The van der Waals surface area contributed by atoms with E-state index in [-0.39, 0.29) is 10.6 Å². The monoisotopic (exact) mass is 487 g/mol. The Morgan fingerprint density at radius 2 is 1.66 bits per heavy atom. The molecule has 174 valence electrons. The highest BCUT2D eigenvalue weighted by Crippen LogP contribution is 2.33. The van der Waals surface area contributed by atoms with E-state index in [4.69, 9.17) is 0 Å². The number of rotatable bonds is 5. The average Bonchev–Trinajstić information content (AvgIpc) is 2.84. The lowest BCUT2D eigenvalue weighted by Crippen LogP contribution is -2.06. The molecule has 0 radical (unpaired) electrons. The molecular formula is C27H19F2N3O2S. The lowest BCUT2D eigenvalue weighted by molar-refractivity contribution is 0.585. The first-order valence-corrected chi connectivity index (χ1v) is 12.4. The number of halogens is 2. The van der Waals surface area contributed by atoms with Crippen LogP contribution in [0, 0.1) is 18.6 Å². The third-order valence-corrected chi connectivity index (χ3v) is 7.45. The summed E-state index contributed by atoms with van der Waals surface area (Å²) in [6.45, 7) is 1.89. The fourth-order valence-electron chi connectivity index (χ4n) is 4.07. The molecule has 0 aliphatic rings. The first-order valence-electron chi connectivity index (χ1n) is 10.7. The maximum Gasteiger partial charge on any atom is 0.184 e. The van der Waals surface area contributed by atoms with Crippen LogP contribution in [-0.2, 0) is 15.6 Å². The molecule has 2 aromatic heterocycles. The van der Waals surface area contributed by atoms with E-state index >= 15 is 0 Å². The Morgan fingerprint density at radius 1 is 0.829 bits per heavy atom. The van der Waals surface area contributed by atoms with E-state index in [1.54, 1.807) is 42.6 Å². The highest BCUT2D eigenvalue weighted by atomic mass is 32.2. The standard InChI is InChI=1S/C27H19F2N3O2S/c1-17-12-18(24-6-3-20(28)14-26(24)29)2-5-23(17)27-25-7-4-22(13-19(25)8-11-31-27)35(33,34)15-21-9-10-30-16-32-21/h2-14,16H,15H2,1H3. The van der Waals surface area contributed by atoms with Gasteiger partial charge in [-0.25, -0.2) is 27.2 Å².